The number of amides is 2. The molecule has 0 saturated heterocycles. The molecule has 4 N–H and O–H groups in total. The van der Waals surface area contributed by atoms with Gasteiger partial charge in [-0.15, -0.1) is 0 Å². The summed E-state index contributed by atoms with van der Waals surface area (Å²) in [6.45, 7) is 7.29. The van der Waals surface area contributed by atoms with Gasteiger partial charge < -0.3 is 16.2 Å². The molecular weight excluding hydrogens is 396 g/mol. The van der Waals surface area contributed by atoms with Gasteiger partial charge in [0.1, 0.15) is 5.69 Å². The number of aromatic nitrogens is 4. The molecular formula is C22H26N6O3. The number of benzene rings is 1. The van der Waals surface area contributed by atoms with Crippen LogP contribution in [0.3, 0.4) is 0 Å². The van der Waals surface area contributed by atoms with Crippen molar-refractivity contribution in [3.8, 4) is 0 Å². The van der Waals surface area contributed by atoms with Crippen LogP contribution < -0.4 is 11.1 Å². The topological polar surface area (TPSA) is 128 Å². The van der Waals surface area contributed by atoms with Gasteiger partial charge in [0.15, 0.2) is 0 Å². The summed E-state index contributed by atoms with van der Waals surface area (Å²) in [4.78, 5) is 24.3. The highest BCUT2D eigenvalue weighted by atomic mass is 16.3. The second kappa shape index (κ2) is 8.19. The first-order valence-corrected chi connectivity index (χ1v) is 9.93. The van der Waals surface area contributed by atoms with Gasteiger partial charge in [0.05, 0.1) is 28.4 Å². The van der Waals surface area contributed by atoms with Gasteiger partial charge in [0, 0.05) is 29.9 Å². The van der Waals surface area contributed by atoms with E-state index in [0.29, 0.717) is 16.8 Å². The lowest BCUT2D eigenvalue weighted by atomic mass is 9.95. The van der Waals surface area contributed by atoms with Gasteiger partial charge in [-0.3, -0.25) is 14.3 Å². The minimum absolute atomic E-state index is 0.258. The minimum atomic E-state index is -1.19. The number of hydrogen-bond acceptors (Lipinski definition) is 5. The third-order valence-electron chi connectivity index (χ3n) is 4.68. The first kappa shape index (κ1) is 22.0. The number of carbonyl (C=O) groups is 2. The Kier molecular flexibility index (Phi) is 5.81. The normalized spacial score (nSPS) is 11.3. The number of hydrogen-bond donors (Lipinski definition) is 3. The van der Waals surface area contributed by atoms with E-state index in [1.165, 1.54) is 10.7 Å². The maximum absolute atomic E-state index is 13.0. The second-order valence-electron chi connectivity index (χ2n) is 7.44. The van der Waals surface area contributed by atoms with E-state index in [4.69, 9.17) is 5.73 Å². The zero-order valence-electron chi connectivity index (χ0n) is 18.2. The van der Waals surface area contributed by atoms with E-state index in [1.807, 2.05) is 20.0 Å². The van der Waals surface area contributed by atoms with Gasteiger partial charge in [0.2, 0.25) is 5.91 Å². The number of nitrogens with two attached hydrogens (primary N) is 1. The van der Waals surface area contributed by atoms with Crippen LogP contribution in [-0.4, -0.2) is 36.3 Å². The zero-order chi connectivity index (χ0) is 22.9. The number of primary amides is 1. The fraction of sp³-hybridized carbons (Fsp3) is 0.273. The van der Waals surface area contributed by atoms with Crippen LogP contribution in [0.25, 0.3) is 16.4 Å². The van der Waals surface area contributed by atoms with Crippen LogP contribution in [0.4, 0.5) is 5.69 Å². The molecule has 1 aromatic carbocycles. The first-order valence-electron chi connectivity index (χ1n) is 9.93. The minimum Gasteiger partial charge on any atom is -0.386 e. The zero-order valence-corrected chi connectivity index (χ0v) is 18.2. The van der Waals surface area contributed by atoms with Crippen molar-refractivity contribution in [2.24, 2.45) is 12.8 Å². The summed E-state index contributed by atoms with van der Waals surface area (Å²) < 4.78 is 3.10. The molecule has 9 heteroatoms. The number of rotatable bonds is 4. The smallest absolute Gasteiger partial charge is 0.274 e. The van der Waals surface area contributed by atoms with Crippen LogP contribution in [-0.2, 0) is 12.6 Å². The third kappa shape index (κ3) is 4.26. The average molecular weight is 422 g/mol. The fourth-order valence-corrected chi connectivity index (χ4v) is 3.30. The summed E-state index contributed by atoms with van der Waals surface area (Å²) in [5.74, 6) is -0.996. The van der Waals surface area contributed by atoms with Crippen molar-refractivity contribution in [2.45, 2.75) is 33.3 Å². The highest BCUT2D eigenvalue weighted by molar-refractivity contribution is 6.05. The second-order valence-corrected chi connectivity index (χ2v) is 7.44. The standard InChI is InChI=1S/C20H20N6O3.C2H6/c1-20(2,29)14-8-15-12(10-25(3)24-15)7-16(14)23-19(28)17-5-4-13-6-11(18(21)27)9-22-26(13)17;1-2/h4-10,29H,1-3H3,(H2,21,27)(H,23,28);1-2H3. The summed E-state index contributed by atoms with van der Waals surface area (Å²) in [6, 6.07) is 8.39. The number of nitrogens with one attached hydrogen (secondary N) is 1. The van der Waals surface area contributed by atoms with E-state index in [2.05, 4.69) is 15.5 Å². The molecule has 0 aliphatic rings. The van der Waals surface area contributed by atoms with Crippen molar-refractivity contribution in [2.75, 3.05) is 5.32 Å². The molecule has 0 fully saturated rings. The number of fused-ring (bicyclic) bond motifs is 2. The summed E-state index contributed by atoms with van der Waals surface area (Å²) >= 11 is 0. The Bertz CT molecular complexity index is 1280. The summed E-state index contributed by atoms with van der Waals surface area (Å²) in [5, 5.41) is 22.8. The van der Waals surface area contributed by atoms with Crippen molar-refractivity contribution in [1.29, 1.82) is 0 Å². The highest BCUT2D eigenvalue weighted by Gasteiger charge is 2.24. The number of anilines is 1. The van der Waals surface area contributed by atoms with E-state index in [9.17, 15) is 14.7 Å². The van der Waals surface area contributed by atoms with Crippen molar-refractivity contribution in [1.82, 2.24) is 19.4 Å². The van der Waals surface area contributed by atoms with Crippen LogP contribution in [0, 0.1) is 0 Å². The molecule has 162 valence electrons. The SMILES string of the molecule is CC.Cn1cc2cc(NC(=O)c3ccc4cc(C(N)=O)cnn34)c(C(C)(C)O)cc2n1. The molecule has 0 unspecified atom stereocenters. The maximum atomic E-state index is 13.0. The first-order chi connectivity index (χ1) is 14.6. The predicted octanol–water partition coefficient (Wildman–Crippen LogP) is 2.83. The predicted molar refractivity (Wildman–Crippen MR) is 119 cm³/mol. The molecule has 4 aromatic rings. The number of aliphatic hydroxyl groups is 1. The number of nitrogens with zero attached hydrogens (tertiary/aromatic N) is 4. The Hall–Kier alpha value is -3.72. The lowest BCUT2D eigenvalue weighted by Crippen LogP contribution is -2.22. The molecule has 31 heavy (non-hydrogen) atoms. The summed E-state index contributed by atoms with van der Waals surface area (Å²) in [6.07, 6.45) is 3.15. The molecule has 0 aliphatic carbocycles. The lowest BCUT2D eigenvalue weighted by Gasteiger charge is -2.22. The van der Waals surface area contributed by atoms with Gasteiger partial charge in [-0.25, -0.2) is 4.52 Å². The Morgan fingerprint density at radius 2 is 1.87 bits per heavy atom. The molecule has 3 aromatic heterocycles. The van der Waals surface area contributed by atoms with Crippen molar-refractivity contribution in [3.05, 3.63) is 59.5 Å². The van der Waals surface area contributed by atoms with Crippen LogP contribution in [0.15, 0.2) is 42.7 Å². The molecule has 3 heterocycles. The average Bonchev–Trinajstić information content (AvgIpc) is 3.29. The molecule has 4 rings (SSSR count). The van der Waals surface area contributed by atoms with E-state index in [1.54, 1.807) is 55.9 Å². The fourth-order valence-electron chi connectivity index (χ4n) is 3.30. The van der Waals surface area contributed by atoms with Gasteiger partial charge in [-0.1, -0.05) is 13.8 Å². The summed E-state index contributed by atoms with van der Waals surface area (Å²) in [7, 11) is 1.81. The monoisotopic (exact) mass is 422 g/mol. The molecule has 0 saturated carbocycles. The third-order valence-corrected chi connectivity index (χ3v) is 4.68. The highest BCUT2D eigenvalue weighted by Crippen LogP contribution is 2.32. The van der Waals surface area contributed by atoms with Crippen LogP contribution in [0.1, 0.15) is 54.1 Å². The molecule has 0 bridgehead atoms. The van der Waals surface area contributed by atoms with Gasteiger partial charge >= 0.3 is 0 Å². The van der Waals surface area contributed by atoms with Gasteiger partial charge in [-0.2, -0.15) is 10.2 Å². The number of aryl methyl sites for hydroxylation is 1. The van der Waals surface area contributed by atoms with E-state index in [0.717, 1.165) is 10.9 Å². The van der Waals surface area contributed by atoms with E-state index >= 15 is 0 Å². The maximum Gasteiger partial charge on any atom is 0.274 e. The molecule has 0 radical (unpaired) electrons. The van der Waals surface area contributed by atoms with Crippen LogP contribution in [0.2, 0.25) is 0 Å². The Labute approximate surface area is 179 Å². The Morgan fingerprint density at radius 1 is 1.16 bits per heavy atom. The van der Waals surface area contributed by atoms with E-state index < -0.39 is 17.4 Å². The quantitative estimate of drug-likeness (QED) is 0.466. The van der Waals surface area contributed by atoms with Crippen molar-refractivity contribution < 1.29 is 14.7 Å². The van der Waals surface area contributed by atoms with Crippen LogP contribution in [0.5, 0.6) is 0 Å². The largest absolute Gasteiger partial charge is 0.386 e. The van der Waals surface area contributed by atoms with Gasteiger partial charge in [0.25, 0.3) is 5.91 Å². The lowest BCUT2D eigenvalue weighted by molar-refractivity contribution is 0.0793. The summed E-state index contributed by atoms with van der Waals surface area (Å²) in [5.41, 5.74) is 6.94. The molecule has 0 aliphatic heterocycles. The Balaban J connectivity index is 0.00000132. The molecule has 9 nitrogen and oxygen atoms in total. The molecule has 2 amide bonds. The van der Waals surface area contributed by atoms with Crippen LogP contribution >= 0.6 is 0 Å². The van der Waals surface area contributed by atoms with Crippen molar-refractivity contribution in [3.63, 3.8) is 0 Å². The molecule has 0 spiro atoms. The number of carbonyl (C=O) groups excluding carboxylic acids is 2. The van der Waals surface area contributed by atoms with Crippen molar-refractivity contribution >= 4 is 33.9 Å². The van der Waals surface area contributed by atoms with Gasteiger partial charge in [-0.05, 0) is 44.2 Å². The van der Waals surface area contributed by atoms with E-state index in [-0.39, 0.29) is 11.3 Å². The molecule has 0 atom stereocenters. The Morgan fingerprint density at radius 3 is 2.52 bits per heavy atom.